The molecule has 0 spiro atoms. The summed E-state index contributed by atoms with van der Waals surface area (Å²) in [6.07, 6.45) is 2.41. The van der Waals surface area contributed by atoms with Gasteiger partial charge in [-0.2, -0.15) is 0 Å². The van der Waals surface area contributed by atoms with Crippen LogP contribution in [0.1, 0.15) is 17.5 Å². The number of hydrogen-bond acceptors (Lipinski definition) is 5. The number of benzene rings is 2. The Balaban J connectivity index is 1.40. The number of carbonyl (C=O) groups is 1. The molecule has 5 nitrogen and oxygen atoms in total. The molecule has 1 saturated heterocycles. The summed E-state index contributed by atoms with van der Waals surface area (Å²) in [7, 11) is 0. The van der Waals surface area contributed by atoms with Crippen molar-refractivity contribution in [2.24, 2.45) is 0 Å². The number of piperazine rings is 1. The second-order valence-electron chi connectivity index (χ2n) is 8.42. The second kappa shape index (κ2) is 8.71. The number of amides is 1. The SMILES string of the molecule is CC(Cc1nc2ccccc2s1)(C(=O)N1CCN(c2ccccn2)CC1)c1ccccc1. The molecule has 0 bridgehead atoms. The highest BCUT2D eigenvalue weighted by atomic mass is 32.1. The van der Waals surface area contributed by atoms with E-state index in [1.165, 1.54) is 0 Å². The molecule has 1 amide bonds. The van der Waals surface area contributed by atoms with E-state index in [0.29, 0.717) is 19.5 Å². The number of aromatic nitrogens is 2. The van der Waals surface area contributed by atoms with Crippen molar-refractivity contribution < 1.29 is 4.79 Å². The van der Waals surface area contributed by atoms with E-state index >= 15 is 0 Å². The van der Waals surface area contributed by atoms with E-state index in [1.54, 1.807) is 11.3 Å². The summed E-state index contributed by atoms with van der Waals surface area (Å²) in [6, 6.07) is 24.3. The molecule has 162 valence electrons. The first-order valence-electron chi connectivity index (χ1n) is 11.0. The lowest BCUT2D eigenvalue weighted by Gasteiger charge is -2.40. The predicted octanol–water partition coefficient (Wildman–Crippen LogP) is 4.54. The fraction of sp³-hybridized carbons (Fsp3) is 0.269. The Kier molecular flexibility index (Phi) is 5.62. The maximum atomic E-state index is 14.0. The standard InChI is InChI=1S/C26H26N4OS/c1-26(20-9-3-2-4-10-20,19-24-28-21-11-5-6-12-22(21)32-24)25(31)30-17-15-29(16-18-30)23-13-7-8-14-27-23/h2-14H,15-19H2,1H3. The van der Waals surface area contributed by atoms with Crippen molar-refractivity contribution in [2.45, 2.75) is 18.8 Å². The molecule has 6 heteroatoms. The van der Waals surface area contributed by atoms with Crippen molar-refractivity contribution in [2.75, 3.05) is 31.1 Å². The Labute approximate surface area is 192 Å². The molecule has 0 aliphatic carbocycles. The third-order valence-corrected chi connectivity index (χ3v) is 7.30. The van der Waals surface area contributed by atoms with Gasteiger partial charge in [0.05, 0.1) is 20.6 Å². The molecule has 5 rings (SSSR count). The maximum absolute atomic E-state index is 14.0. The van der Waals surface area contributed by atoms with E-state index in [-0.39, 0.29) is 5.91 Å². The van der Waals surface area contributed by atoms with Gasteiger partial charge in [0.1, 0.15) is 5.82 Å². The molecule has 1 aliphatic rings. The van der Waals surface area contributed by atoms with E-state index in [0.717, 1.165) is 39.7 Å². The van der Waals surface area contributed by atoms with E-state index in [9.17, 15) is 4.79 Å². The van der Waals surface area contributed by atoms with Crippen LogP contribution in [-0.4, -0.2) is 47.0 Å². The molecule has 1 fully saturated rings. The van der Waals surface area contributed by atoms with Gasteiger partial charge in [0, 0.05) is 38.8 Å². The Hall–Kier alpha value is -3.25. The van der Waals surface area contributed by atoms with Crippen LogP contribution >= 0.6 is 11.3 Å². The first-order valence-corrected chi connectivity index (χ1v) is 11.8. The topological polar surface area (TPSA) is 49.3 Å². The number of fused-ring (bicyclic) bond motifs is 1. The van der Waals surface area contributed by atoms with Crippen molar-refractivity contribution in [1.82, 2.24) is 14.9 Å². The number of anilines is 1. The molecule has 0 radical (unpaired) electrons. The number of hydrogen-bond donors (Lipinski definition) is 0. The summed E-state index contributed by atoms with van der Waals surface area (Å²) in [5.74, 6) is 1.14. The van der Waals surface area contributed by atoms with Gasteiger partial charge in [-0.3, -0.25) is 4.79 Å². The fourth-order valence-electron chi connectivity index (χ4n) is 4.43. The molecule has 1 aliphatic heterocycles. The summed E-state index contributed by atoms with van der Waals surface area (Å²) in [5.41, 5.74) is 1.37. The van der Waals surface area contributed by atoms with Crippen molar-refractivity contribution in [1.29, 1.82) is 0 Å². The Morgan fingerprint density at radius 3 is 2.38 bits per heavy atom. The van der Waals surface area contributed by atoms with E-state index in [4.69, 9.17) is 4.98 Å². The minimum absolute atomic E-state index is 0.170. The monoisotopic (exact) mass is 442 g/mol. The van der Waals surface area contributed by atoms with Crippen LogP contribution in [0, 0.1) is 0 Å². The normalized spacial score (nSPS) is 16.2. The second-order valence-corrected chi connectivity index (χ2v) is 9.53. The minimum atomic E-state index is -0.664. The van der Waals surface area contributed by atoms with Crippen molar-refractivity contribution in [3.8, 4) is 0 Å². The van der Waals surface area contributed by atoms with E-state index in [2.05, 4.69) is 35.0 Å². The average molecular weight is 443 g/mol. The van der Waals surface area contributed by atoms with Gasteiger partial charge >= 0.3 is 0 Å². The predicted molar refractivity (Wildman–Crippen MR) is 130 cm³/mol. The molecule has 4 aromatic rings. The fourth-order valence-corrected chi connectivity index (χ4v) is 5.56. The highest BCUT2D eigenvalue weighted by Gasteiger charge is 2.40. The van der Waals surface area contributed by atoms with Crippen molar-refractivity contribution in [3.63, 3.8) is 0 Å². The van der Waals surface area contributed by atoms with Gasteiger partial charge in [0.15, 0.2) is 0 Å². The van der Waals surface area contributed by atoms with E-state index < -0.39 is 5.41 Å². The molecular weight excluding hydrogens is 416 g/mol. The maximum Gasteiger partial charge on any atom is 0.233 e. The molecule has 1 unspecified atom stereocenters. The number of nitrogens with zero attached hydrogens (tertiary/aromatic N) is 4. The lowest BCUT2D eigenvalue weighted by molar-refractivity contribution is -0.137. The summed E-state index contributed by atoms with van der Waals surface area (Å²) in [4.78, 5) is 27.5. The van der Waals surface area contributed by atoms with Crippen LogP contribution in [0.2, 0.25) is 0 Å². The van der Waals surface area contributed by atoms with Crippen LogP contribution in [0.5, 0.6) is 0 Å². The average Bonchev–Trinajstić information content (AvgIpc) is 3.27. The summed E-state index contributed by atoms with van der Waals surface area (Å²) in [6.45, 7) is 5.03. The number of para-hydroxylation sites is 1. The number of thiazole rings is 1. The van der Waals surface area contributed by atoms with Gasteiger partial charge in [-0.15, -0.1) is 11.3 Å². The zero-order chi connectivity index (χ0) is 22.0. The summed E-state index contributed by atoms with van der Waals surface area (Å²) < 4.78 is 1.16. The lowest BCUT2D eigenvalue weighted by Crippen LogP contribution is -2.54. The van der Waals surface area contributed by atoms with Gasteiger partial charge in [-0.1, -0.05) is 48.5 Å². The van der Waals surface area contributed by atoms with Crippen LogP contribution in [0.4, 0.5) is 5.82 Å². The van der Waals surface area contributed by atoms with Gasteiger partial charge in [-0.25, -0.2) is 9.97 Å². The molecule has 2 aromatic heterocycles. The van der Waals surface area contributed by atoms with E-state index in [1.807, 2.05) is 65.7 Å². The van der Waals surface area contributed by atoms with Crippen molar-refractivity contribution in [3.05, 3.63) is 89.6 Å². The number of pyridine rings is 1. The van der Waals surface area contributed by atoms with Crippen molar-refractivity contribution >= 4 is 33.3 Å². The van der Waals surface area contributed by atoms with Crippen LogP contribution in [0.25, 0.3) is 10.2 Å². The third kappa shape index (κ3) is 3.98. The van der Waals surface area contributed by atoms with Crippen LogP contribution in [0.15, 0.2) is 79.0 Å². The largest absolute Gasteiger partial charge is 0.353 e. The van der Waals surface area contributed by atoms with Crippen LogP contribution < -0.4 is 4.90 Å². The summed E-state index contributed by atoms with van der Waals surface area (Å²) in [5, 5.41) is 0.998. The highest BCUT2D eigenvalue weighted by Crippen LogP contribution is 2.34. The zero-order valence-corrected chi connectivity index (χ0v) is 19.0. The van der Waals surface area contributed by atoms with Gasteiger partial charge in [0.25, 0.3) is 0 Å². The first-order chi connectivity index (χ1) is 15.6. The molecule has 0 N–H and O–H groups in total. The quantitative estimate of drug-likeness (QED) is 0.455. The van der Waals surface area contributed by atoms with Gasteiger partial charge in [-0.05, 0) is 36.8 Å². The molecule has 1 atom stereocenters. The molecule has 0 saturated carbocycles. The van der Waals surface area contributed by atoms with Gasteiger partial charge < -0.3 is 9.80 Å². The smallest absolute Gasteiger partial charge is 0.233 e. The van der Waals surface area contributed by atoms with Gasteiger partial charge in [0.2, 0.25) is 5.91 Å². The molecule has 3 heterocycles. The Morgan fingerprint density at radius 1 is 0.938 bits per heavy atom. The Morgan fingerprint density at radius 2 is 1.66 bits per heavy atom. The number of carbonyl (C=O) groups excluding carboxylic acids is 1. The summed E-state index contributed by atoms with van der Waals surface area (Å²) >= 11 is 1.68. The van der Waals surface area contributed by atoms with Crippen LogP contribution in [-0.2, 0) is 16.6 Å². The third-order valence-electron chi connectivity index (χ3n) is 6.27. The minimum Gasteiger partial charge on any atom is -0.353 e. The molecule has 2 aromatic carbocycles. The highest BCUT2D eigenvalue weighted by molar-refractivity contribution is 7.18. The lowest BCUT2D eigenvalue weighted by atomic mass is 9.78. The number of rotatable bonds is 5. The molecular formula is C26H26N4OS. The zero-order valence-electron chi connectivity index (χ0n) is 18.1. The first kappa shape index (κ1) is 20.6. The molecule has 32 heavy (non-hydrogen) atoms. The Bertz CT molecular complexity index is 1170. The van der Waals surface area contributed by atoms with Crippen LogP contribution in [0.3, 0.4) is 0 Å².